The predicted octanol–water partition coefficient (Wildman–Crippen LogP) is 4.46. The summed E-state index contributed by atoms with van der Waals surface area (Å²) < 4.78 is 11.7. The third-order valence-corrected chi connectivity index (χ3v) is 3.95. The molecular formula is C17H29BrN2O3. The van der Waals surface area contributed by atoms with Gasteiger partial charge in [0.15, 0.2) is 0 Å². The zero-order valence-corrected chi connectivity index (χ0v) is 16.5. The van der Waals surface area contributed by atoms with Crippen LogP contribution in [0.4, 0.5) is 4.79 Å². The number of furan rings is 1. The lowest BCUT2D eigenvalue weighted by Gasteiger charge is -2.33. The summed E-state index contributed by atoms with van der Waals surface area (Å²) in [4.78, 5) is 11.9. The van der Waals surface area contributed by atoms with Crippen LogP contribution in [0.1, 0.15) is 53.7 Å². The van der Waals surface area contributed by atoms with E-state index in [9.17, 15) is 4.79 Å². The van der Waals surface area contributed by atoms with Crippen LogP contribution in [0.25, 0.3) is 0 Å². The summed E-state index contributed by atoms with van der Waals surface area (Å²) in [5.74, 6) is 1.34. The highest BCUT2D eigenvalue weighted by Crippen LogP contribution is 2.21. The molecule has 1 heterocycles. The Bertz CT molecular complexity index is 508. The van der Waals surface area contributed by atoms with E-state index in [4.69, 9.17) is 9.15 Å². The van der Waals surface area contributed by atoms with Crippen LogP contribution in [0.15, 0.2) is 21.2 Å². The van der Waals surface area contributed by atoms with Crippen LogP contribution in [0.5, 0.6) is 0 Å². The van der Waals surface area contributed by atoms with Crippen molar-refractivity contribution in [1.82, 2.24) is 10.6 Å². The Labute approximate surface area is 147 Å². The Kier molecular flexibility index (Phi) is 7.14. The number of rotatable bonds is 7. The summed E-state index contributed by atoms with van der Waals surface area (Å²) in [5, 5.41) is 6.36. The molecule has 23 heavy (non-hydrogen) atoms. The van der Waals surface area contributed by atoms with Crippen molar-refractivity contribution < 1.29 is 13.9 Å². The van der Waals surface area contributed by atoms with E-state index < -0.39 is 11.7 Å². The van der Waals surface area contributed by atoms with Crippen molar-refractivity contribution in [1.29, 1.82) is 0 Å². The van der Waals surface area contributed by atoms with Gasteiger partial charge >= 0.3 is 6.09 Å². The lowest BCUT2D eigenvalue weighted by Crippen LogP contribution is -2.52. The van der Waals surface area contributed by atoms with E-state index in [2.05, 4.69) is 47.3 Å². The molecule has 132 valence electrons. The molecule has 2 N–H and O–H groups in total. The molecule has 0 fully saturated rings. The fourth-order valence-electron chi connectivity index (χ4n) is 2.43. The third kappa shape index (κ3) is 7.88. The largest absolute Gasteiger partial charge is 0.467 e. The van der Waals surface area contributed by atoms with Gasteiger partial charge in [-0.1, -0.05) is 13.8 Å². The quantitative estimate of drug-likeness (QED) is 0.723. The summed E-state index contributed by atoms with van der Waals surface area (Å²) in [6.45, 7) is 13.1. The topological polar surface area (TPSA) is 63.5 Å². The number of nitrogens with one attached hydrogen (secondary N) is 2. The minimum absolute atomic E-state index is 0.253. The average Bonchev–Trinajstić information content (AvgIpc) is 2.77. The summed E-state index contributed by atoms with van der Waals surface area (Å²) >= 11 is 3.46. The number of halogens is 1. The minimum atomic E-state index is -0.495. The van der Waals surface area contributed by atoms with Gasteiger partial charge in [0.1, 0.15) is 11.4 Å². The van der Waals surface area contributed by atoms with Gasteiger partial charge in [-0.15, -0.1) is 0 Å². The average molecular weight is 389 g/mol. The van der Waals surface area contributed by atoms with Crippen LogP contribution in [-0.4, -0.2) is 23.8 Å². The Morgan fingerprint density at radius 1 is 1.35 bits per heavy atom. The molecule has 1 unspecified atom stereocenters. The molecule has 0 bridgehead atoms. The molecule has 0 radical (unpaired) electrons. The second-order valence-electron chi connectivity index (χ2n) is 7.56. The lowest BCUT2D eigenvalue weighted by molar-refractivity contribution is 0.0507. The maximum absolute atomic E-state index is 11.9. The van der Waals surface area contributed by atoms with E-state index in [0.717, 1.165) is 16.7 Å². The standard InChI is InChI=1S/C17H29BrN2O3/c1-12(2)9-17(6,11-19-15(21)23-16(3,4)5)20-10-14-13(18)7-8-22-14/h7-8,12,20H,9-11H2,1-6H3,(H,19,21). The number of ether oxygens (including phenoxy) is 1. The highest BCUT2D eigenvalue weighted by Gasteiger charge is 2.27. The first kappa shape index (κ1) is 20.0. The van der Waals surface area contributed by atoms with Crippen molar-refractivity contribution in [3.8, 4) is 0 Å². The van der Waals surface area contributed by atoms with Crippen LogP contribution >= 0.6 is 15.9 Å². The molecule has 1 aromatic rings. The number of carbonyl (C=O) groups excluding carboxylic acids is 1. The number of amides is 1. The van der Waals surface area contributed by atoms with Gasteiger partial charge in [0.25, 0.3) is 0 Å². The van der Waals surface area contributed by atoms with Crippen LogP contribution in [0.2, 0.25) is 0 Å². The van der Waals surface area contributed by atoms with Crippen molar-refractivity contribution in [3.05, 3.63) is 22.6 Å². The van der Waals surface area contributed by atoms with E-state index in [0.29, 0.717) is 19.0 Å². The second-order valence-corrected chi connectivity index (χ2v) is 8.41. The molecule has 0 spiro atoms. The molecule has 0 aliphatic heterocycles. The molecule has 1 amide bonds. The smallest absolute Gasteiger partial charge is 0.407 e. The van der Waals surface area contributed by atoms with Crippen LogP contribution in [0, 0.1) is 5.92 Å². The SMILES string of the molecule is CC(C)CC(C)(CNC(=O)OC(C)(C)C)NCc1occc1Br. The van der Waals surface area contributed by atoms with E-state index >= 15 is 0 Å². The molecule has 0 saturated carbocycles. The number of carbonyl (C=O) groups is 1. The molecule has 6 heteroatoms. The first-order valence-electron chi connectivity index (χ1n) is 7.94. The van der Waals surface area contributed by atoms with Gasteiger partial charge in [0.05, 0.1) is 17.3 Å². The number of hydrogen-bond acceptors (Lipinski definition) is 4. The predicted molar refractivity (Wildman–Crippen MR) is 95.3 cm³/mol. The van der Waals surface area contributed by atoms with E-state index in [1.165, 1.54) is 0 Å². The van der Waals surface area contributed by atoms with Gasteiger partial charge in [0.2, 0.25) is 0 Å². The highest BCUT2D eigenvalue weighted by atomic mass is 79.9. The summed E-state index contributed by atoms with van der Waals surface area (Å²) in [6.07, 6.45) is 2.18. The van der Waals surface area contributed by atoms with Crippen molar-refractivity contribution in [2.75, 3.05) is 6.54 Å². The van der Waals surface area contributed by atoms with E-state index in [1.807, 2.05) is 26.8 Å². The first-order valence-corrected chi connectivity index (χ1v) is 8.74. The highest BCUT2D eigenvalue weighted by molar-refractivity contribution is 9.10. The third-order valence-electron chi connectivity index (χ3n) is 3.25. The zero-order valence-electron chi connectivity index (χ0n) is 15.0. The Balaban J connectivity index is 2.62. The van der Waals surface area contributed by atoms with Gasteiger partial charge in [-0.25, -0.2) is 4.79 Å². The van der Waals surface area contributed by atoms with Gasteiger partial charge in [-0.3, -0.25) is 0 Å². The molecule has 0 aromatic carbocycles. The first-order chi connectivity index (χ1) is 10.5. The molecule has 1 rings (SSSR count). The van der Waals surface area contributed by atoms with E-state index in [1.54, 1.807) is 6.26 Å². The molecule has 1 aromatic heterocycles. The summed E-state index contributed by atoms with van der Waals surface area (Å²) in [5.41, 5.74) is -0.748. The van der Waals surface area contributed by atoms with Crippen LogP contribution in [-0.2, 0) is 11.3 Å². The zero-order chi connectivity index (χ0) is 17.7. The molecule has 5 nitrogen and oxygen atoms in total. The Hall–Kier alpha value is -1.01. The molecular weight excluding hydrogens is 360 g/mol. The van der Waals surface area contributed by atoms with Crippen molar-refractivity contribution >= 4 is 22.0 Å². The maximum Gasteiger partial charge on any atom is 0.407 e. The lowest BCUT2D eigenvalue weighted by atomic mass is 9.90. The number of hydrogen-bond donors (Lipinski definition) is 2. The van der Waals surface area contributed by atoms with E-state index in [-0.39, 0.29) is 5.54 Å². The molecule has 0 aliphatic carbocycles. The van der Waals surface area contributed by atoms with Gasteiger partial charge in [-0.05, 0) is 62.0 Å². The van der Waals surface area contributed by atoms with Crippen molar-refractivity contribution in [3.63, 3.8) is 0 Å². The fourth-order valence-corrected chi connectivity index (χ4v) is 2.78. The summed E-state index contributed by atoms with van der Waals surface area (Å²) in [7, 11) is 0. The number of alkyl carbamates (subject to hydrolysis) is 1. The second kappa shape index (κ2) is 8.20. The van der Waals surface area contributed by atoms with Gasteiger partial charge < -0.3 is 19.8 Å². The van der Waals surface area contributed by atoms with Crippen LogP contribution < -0.4 is 10.6 Å². The van der Waals surface area contributed by atoms with Gasteiger partial charge in [0, 0.05) is 12.1 Å². The Morgan fingerprint density at radius 3 is 2.48 bits per heavy atom. The summed E-state index contributed by atoms with van der Waals surface area (Å²) in [6, 6.07) is 1.87. The van der Waals surface area contributed by atoms with Crippen LogP contribution in [0.3, 0.4) is 0 Å². The fraction of sp³-hybridized carbons (Fsp3) is 0.706. The molecule has 1 atom stereocenters. The molecule has 0 saturated heterocycles. The normalized spacial score (nSPS) is 14.6. The Morgan fingerprint density at radius 2 is 2.00 bits per heavy atom. The maximum atomic E-state index is 11.9. The van der Waals surface area contributed by atoms with Crippen molar-refractivity contribution in [2.24, 2.45) is 5.92 Å². The van der Waals surface area contributed by atoms with Crippen molar-refractivity contribution in [2.45, 2.75) is 65.6 Å². The molecule has 0 aliphatic rings. The monoisotopic (exact) mass is 388 g/mol. The minimum Gasteiger partial charge on any atom is -0.467 e. The van der Waals surface area contributed by atoms with Gasteiger partial charge in [-0.2, -0.15) is 0 Å².